The van der Waals surface area contributed by atoms with Crippen molar-refractivity contribution in [3.8, 4) is 0 Å². The van der Waals surface area contributed by atoms with E-state index in [2.05, 4.69) is 21.2 Å². The highest BCUT2D eigenvalue weighted by Crippen LogP contribution is 2.32. The molecule has 3 nitrogen and oxygen atoms in total. The van der Waals surface area contributed by atoms with E-state index in [-0.39, 0.29) is 15.7 Å². The van der Waals surface area contributed by atoms with E-state index in [1.165, 1.54) is 0 Å². The van der Waals surface area contributed by atoms with Crippen molar-refractivity contribution in [2.75, 3.05) is 11.1 Å². The summed E-state index contributed by atoms with van der Waals surface area (Å²) >= 11 is 15.1. The molecule has 0 spiro atoms. The van der Waals surface area contributed by atoms with Crippen LogP contribution >= 0.6 is 39.1 Å². The summed E-state index contributed by atoms with van der Waals surface area (Å²) in [6, 6.07) is 5.48. The SMILES string of the molecule is Cc1c(N)cc(Br)cc1C(=O)Nc1c(Cl)cc(F)cc1Cl. The molecule has 3 N–H and O–H groups in total. The van der Waals surface area contributed by atoms with E-state index in [4.69, 9.17) is 28.9 Å². The molecule has 0 saturated carbocycles. The molecule has 0 saturated heterocycles. The average molecular weight is 392 g/mol. The standard InChI is InChI=1S/C14H10BrCl2FN2O/c1-6-9(2-7(15)3-12(6)19)14(21)20-13-10(16)4-8(18)5-11(13)17/h2-5H,19H2,1H3,(H,20,21). The molecule has 110 valence electrons. The van der Waals surface area contributed by atoms with Gasteiger partial charge in [0.15, 0.2) is 0 Å². The first-order valence-electron chi connectivity index (χ1n) is 5.81. The van der Waals surface area contributed by atoms with Crippen molar-refractivity contribution in [2.24, 2.45) is 0 Å². The Bertz CT molecular complexity index is 714. The van der Waals surface area contributed by atoms with Gasteiger partial charge in [0.1, 0.15) is 5.82 Å². The van der Waals surface area contributed by atoms with Gasteiger partial charge in [-0.25, -0.2) is 4.39 Å². The smallest absolute Gasteiger partial charge is 0.256 e. The normalized spacial score (nSPS) is 10.5. The molecule has 0 atom stereocenters. The fraction of sp³-hybridized carbons (Fsp3) is 0.0714. The van der Waals surface area contributed by atoms with Crippen molar-refractivity contribution < 1.29 is 9.18 Å². The van der Waals surface area contributed by atoms with Gasteiger partial charge in [0.05, 0.1) is 15.7 Å². The van der Waals surface area contributed by atoms with Crippen molar-refractivity contribution in [3.05, 3.63) is 55.7 Å². The quantitative estimate of drug-likeness (QED) is 0.704. The number of nitrogen functional groups attached to an aromatic ring is 1. The minimum atomic E-state index is -0.578. The average Bonchev–Trinajstić information content (AvgIpc) is 2.37. The van der Waals surface area contributed by atoms with Crippen molar-refractivity contribution >= 4 is 56.4 Å². The van der Waals surface area contributed by atoms with Gasteiger partial charge in [0.25, 0.3) is 5.91 Å². The molecule has 2 rings (SSSR count). The van der Waals surface area contributed by atoms with E-state index in [0.29, 0.717) is 21.3 Å². The third kappa shape index (κ3) is 3.48. The minimum Gasteiger partial charge on any atom is -0.398 e. The van der Waals surface area contributed by atoms with Crippen LogP contribution in [0.15, 0.2) is 28.7 Å². The molecular formula is C14H10BrCl2FN2O. The number of amides is 1. The maximum atomic E-state index is 13.1. The molecule has 1 amide bonds. The third-order valence-corrected chi connectivity index (χ3v) is 3.96. The van der Waals surface area contributed by atoms with Crippen LogP contribution in [0.25, 0.3) is 0 Å². The van der Waals surface area contributed by atoms with Crippen LogP contribution in [0.4, 0.5) is 15.8 Å². The van der Waals surface area contributed by atoms with Gasteiger partial charge in [0, 0.05) is 15.7 Å². The number of anilines is 2. The fourth-order valence-electron chi connectivity index (χ4n) is 1.78. The van der Waals surface area contributed by atoms with Crippen LogP contribution in [-0.4, -0.2) is 5.91 Å². The number of carbonyl (C=O) groups is 1. The molecule has 2 aromatic carbocycles. The second-order valence-corrected chi connectivity index (χ2v) is 6.10. The topological polar surface area (TPSA) is 55.1 Å². The predicted molar refractivity (Wildman–Crippen MR) is 87.7 cm³/mol. The molecule has 0 unspecified atom stereocenters. The summed E-state index contributed by atoms with van der Waals surface area (Å²) < 4.78 is 13.8. The van der Waals surface area contributed by atoms with Crippen molar-refractivity contribution in [3.63, 3.8) is 0 Å². The Morgan fingerprint density at radius 2 is 1.81 bits per heavy atom. The van der Waals surface area contributed by atoms with Crippen LogP contribution in [0.2, 0.25) is 10.0 Å². The van der Waals surface area contributed by atoms with E-state index in [1.54, 1.807) is 19.1 Å². The summed E-state index contributed by atoms with van der Waals surface area (Å²) in [5.41, 5.74) is 7.46. The molecule has 0 aliphatic heterocycles. The molecule has 21 heavy (non-hydrogen) atoms. The van der Waals surface area contributed by atoms with Crippen LogP contribution < -0.4 is 11.1 Å². The van der Waals surface area contributed by atoms with E-state index >= 15 is 0 Å². The maximum absolute atomic E-state index is 13.1. The minimum absolute atomic E-state index is 0.0222. The Balaban J connectivity index is 2.40. The Kier molecular flexibility index (Phi) is 4.76. The summed E-state index contributed by atoms with van der Waals surface area (Å²) in [7, 11) is 0. The zero-order valence-electron chi connectivity index (χ0n) is 10.8. The van der Waals surface area contributed by atoms with Gasteiger partial charge in [0.2, 0.25) is 0 Å². The zero-order valence-corrected chi connectivity index (χ0v) is 13.9. The number of nitrogens with two attached hydrogens (primary N) is 1. The number of halogens is 4. The summed E-state index contributed by atoms with van der Waals surface area (Å²) in [6.07, 6.45) is 0. The summed E-state index contributed by atoms with van der Waals surface area (Å²) in [5, 5.41) is 2.62. The molecular weight excluding hydrogens is 382 g/mol. The highest BCUT2D eigenvalue weighted by atomic mass is 79.9. The van der Waals surface area contributed by atoms with E-state index in [0.717, 1.165) is 12.1 Å². The Labute approximate surface area is 139 Å². The number of nitrogens with one attached hydrogen (secondary N) is 1. The number of hydrogen-bond donors (Lipinski definition) is 2. The van der Waals surface area contributed by atoms with Gasteiger partial charge in [-0.15, -0.1) is 0 Å². The summed E-state index contributed by atoms with van der Waals surface area (Å²) in [5.74, 6) is -1.01. The van der Waals surface area contributed by atoms with Crippen LogP contribution in [0.1, 0.15) is 15.9 Å². The molecule has 0 radical (unpaired) electrons. The second kappa shape index (κ2) is 6.22. The van der Waals surface area contributed by atoms with E-state index in [1.807, 2.05) is 0 Å². The number of benzene rings is 2. The van der Waals surface area contributed by atoms with Crippen LogP contribution in [0.3, 0.4) is 0 Å². The van der Waals surface area contributed by atoms with Gasteiger partial charge < -0.3 is 11.1 Å². The first-order valence-corrected chi connectivity index (χ1v) is 7.36. The second-order valence-electron chi connectivity index (χ2n) is 4.37. The number of rotatable bonds is 2. The number of hydrogen-bond acceptors (Lipinski definition) is 2. The molecule has 0 fully saturated rings. The lowest BCUT2D eigenvalue weighted by Gasteiger charge is -2.12. The van der Waals surface area contributed by atoms with Crippen LogP contribution in [0, 0.1) is 12.7 Å². The Hall–Kier alpha value is -1.30. The van der Waals surface area contributed by atoms with Gasteiger partial charge in [-0.3, -0.25) is 4.79 Å². The molecule has 0 aliphatic carbocycles. The van der Waals surface area contributed by atoms with Gasteiger partial charge >= 0.3 is 0 Å². The Morgan fingerprint density at radius 1 is 1.24 bits per heavy atom. The molecule has 0 aromatic heterocycles. The zero-order chi connectivity index (χ0) is 15.7. The highest BCUT2D eigenvalue weighted by molar-refractivity contribution is 9.10. The summed E-state index contributed by atoms with van der Waals surface area (Å²) in [6.45, 7) is 1.73. The molecule has 7 heteroatoms. The monoisotopic (exact) mass is 390 g/mol. The van der Waals surface area contributed by atoms with Crippen LogP contribution in [0.5, 0.6) is 0 Å². The first-order chi connectivity index (χ1) is 9.79. The molecule has 0 bridgehead atoms. The lowest BCUT2D eigenvalue weighted by molar-refractivity contribution is 0.102. The fourth-order valence-corrected chi connectivity index (χ4v) is 2.81. The largest absolute Gasteiger partial charge is 0.398 e. The van der Waals surface area contributed by atoms with Crippen molar-refractivity contribution in [1.82, 2.24) is 0 Å². The van der Waals surface area contributed by atoms with Gasteiger partial charge in [-0.2, -0.15) is 0 Å². The van der Waals surface area contributed by atoms with Gasteiger partial charge in [-0.05, 0) is 36.8 Å². The number of carbonyl (C=O) groups excluding carboxylic acids is 1. The molecule has 2 aromatic rings. The molecule has 0 heterocycles. The highest BCUT2D eigenvalue weighted by Gasteiger charge is 2.16. The third-order valence-electron chi connectivity index (χ3n) is 2.90. The summed E-state index contributed by atoms with van der Waals surface area (Å²) in [4.78, 5) is 12.3. The first kappa shape index (κ1) is 16.1. The van der Waals surface area contributed by atoms with Crippen LogP contribution in [-0.2, 0) is 0 Å². The Morgan fingerprint density at radius 3 is 2.38 bits per heavy atom. The van der Waals surface area contributed by atoms with Crippen molar-refractivity contribution in [1.29, 1.82) is 0 Å². The maximum Gasteiger partial charge on any atom is 0.256 e. The molecule has 0 aliphatic rings. The van der Waals surface area contributed by atoms with E-state index < -0.39 is 11.7 Å². The van der Waals surface area contributed by atoms with Gasteiger partial charge in [-0.1, -0.05) is 39.1 Å². The lowest BCUT2D eigenvalue weighted by atomic mass is 10.1. The lowest BCUT2D eigenvalue weighted by Crippen LogP contribution is -2.15. The van der Waals surface area contributed by atoms with Crippen molar-refractivity contribution in [2.45, 2.75) is 6.92 Å². The van der Waals surface area contributed by atoms with E-state index in [9.17, 15) is 9.18 Å². The predicted octanol–water partition coefficient (Wildman–Crippen LogP) is 5.04.